The largest absolute Gasteiger partial charge is 0.361 e. The van der Waals surface area contributed by atoms with E-state index in [2.05, 4.69) is 21.2 Å². The zero-order valence-electron chi connectivity index (χ0n) is 15.2. The Bertz CT molecular complexity index is 1000. The van der Waals surface area contributed by atoms with E-state index in [1.54, 1.807) is 6.20 Å². The first-order valence-electron chi connectivity index (χ1n) is 8.73. The number of hydrazine groups is 1. The van der Waals surface area contributed by atoms with E-state index < -0.39 is 23.6 Å². The van der Waals surface area contributed by atoms with Gasteiger partial charge in [-0.1, -0.05) is 18.2 Å². The zero-order chi connectivity index (χ0) is 20.1. The Labute approximate surface area is 160 Å². The molecule has 2 aromatic carbocycles. The molecule has 0 saturated carbocycles. The van der Waals surface area contributed by atoms with Gasteiger partial charge in [-0.2, -0.15) is 0 Å². The molecule has 2 amide bonds. The number of fused-ring (bicyclic) bond motifs is 1. The van der Waals surface area contributed by atoms with Crippen LogP contribution in [0.3, 0.4) is 0 Å². The molecular weight excluding hydrogens is 366 g/mol. The third-order valence-corrected chi connectivity index (χ3v) is 4.29. The van der Waals surface area contributed by atoms with Gasteiger partial charge in [-0.05, 0) is 29.8 Å². The highest BCUT2D eigenvalue weighted by atomic mass is 19.1. The van der Waals surface area contributed by atoms with E-state index in [-0.39, 0.29) is 24.4 Å². The molecule has 3 rings (SSSR count). The lowest BCUT2D eigenvalue weighted by Gasteiger charge is -2.18. The summed E-state index contributed by atoms with van der Waals surface area (Å²) in [4.78, 5) is 27.2. The molecule has 1 aromatic heterocycles. The van der Waals surface area contributed by atoms with E-state index in [1.165, 1.54) is 6.92 Å². The van der Waals surface area contributed by atoms with Gasteiger partial charge < -0.3 is 10.3 Å². The fraction of sp³-hybridized carbons (Fsp3) is 0.200. The highest BCUT2D eigenvalue weighted by molar-refractivity contribution is 5.88. The molecule has 0 aliphatic carbocycles. The van der Waals surface area contributed by atoms with Gasteiger partial charge >= 0.3 is 0 Å². The maximum Gasteiger partial charge on any atom is 0.256 e. The summed E-state index contributed by atoms with van der Waals surface area (Å²) in [5, 5.41) is 3.57. The maximum atomic E-state index is 13.6. The summed E-state index contributed by atoms with van der Waals surface area (Å²) in [5.74, 6) is -1.99. The van der Waals surface area contributed by atoms with Gasteiger partial charge in [0.05, 0.1) is 0 Å². The molecule has 4 N–H and O–H groups in total. The van der Waals surface area contributed by atoms with Gasteiger partial charge in [0.25, 0.3) is 5.91 Å². The van der Waals surface area contributed by atoms with Crippen LogP contribution in [0.5, 0.6) is 0 Å². The molecule has 6 nitrogen and oxygen atoms in total. The number of aromatic amines is 1. The van der Waals surface area contributed by atoms with Crippen LogP contribution >= 0.6 is 0 Å². The predicted octanol–water partition coefficient (Wildman–Crippen LogP) is 2.31. The number of rotatable bonds is 7. The smallest absolute Gasteiger partial charge is 0.256 e. The van der Waals surface area contributed by atoms with Gasteiger partial charge in [-0.25, -0.2) is 14.2 Å². The molecule has 0 bridgehead atoms. The number of carbonyl (C=O) groups excluding carboxylic acids is 2. The van der Waals surface area contributed by atoms with Crippen LogP contribution in [-0.4, -0.2) is 22.8 Å². The monoisotopic (exact) mass is 386 g/mol. The number of H-pyrrole nitrogens is 1. The first kappa shape index (κ1) is 19.5. The quantitative estimate of drug-likeness (QED) is 0.470. The van der Waals surface area contributed by atoms with E-state index in [0.29, 0.717) is 0 Å². The molecule has 28 heavy (non-hydrogen) atoms. The molecule has 0 saturated heterocycles. The van der Waals surface area contributed by atoms with E-state index in [1.807, 2.05) is 24.3 Å². The SMILES string of the molecule is CC(=O)NC(Cc1c[nH]c2ccccc12)C(=O)NNCc1cc(F)ccc1F. The second-order valence-electron chi connectivity index (χ2n) is 6.40. The van der Waals surface area contributed by atoms with Gasteiger partial charge in [0.15, 0.2) is 0 Å². The normalized spacial score (nSPS) is 12.0. The minimum atomic E-state index is -0.832. The zero-order valence-corrected chi connectivity index (χ0v) is 15.2. The third kappa shape index (κ3) is 4.72. The average Bonchev–Trinajstić information content (AvgIpc) is 3.06. The summed E-state index contributed by atoms with van der Waals surface area (Å²) in [5.41, 5.74) is 6.90. The molecule has 146 valence electrons. The first-order chi connectivity index (χ1) is 13.4. The standard InChI is InChI=1S/C20H20F2N4O2/c1-12(27)25-19(9-13-10-23-18-5-3-2-4-16(13)18)20(28)26-24-11-14-8-15(21)6-7-17(14)22/h2-8,10,19,23-24H,9,11H2,1H3,(H,25,27)(H,26,28). The summed E-state index contributed by atoms with van der Waals surface area (Å²) in [6.45, 7) is 1.22. The van der Waals surface area contributed by atoms with Crippen LogP contribution in [0.15, 0.2) is 48.7 Å². The number of aromatic nitrogens is 1. The number of carbonyl (C=O) groups is 2. The van der Waals surface area contributed by atoms with Crippen molar-refractivity contribution in [1.82, 2.24) is 21.2 Å². The van der Waals surface area contributed by atoms with E-state index in [0.717, 1.165) is 34.7 Å². The molecule has 1 heterocycles. The predicted molar refractivity (Wildman–Crippen MR) is 101 cm³/mol. The van der Waals surface area contributed by atoms with E-state index in [4.69, 9.17) is 0 Å². The van der Waals surface area contributed by atoms with Gasteiger partial charge in [0.2, 0.25) is 5.91 Å². The number of nitrogens with one attached hydrogen (secondary N) is 4. The first-order valence-corrected chi connectivity index (χ1v) is 8.73. The number of halogens is 2. The van der Waals surface area contributed by atoms with Crippen molar-refractivity contribution < 1.29 is 18.4 Å². The van der Waals surface area contributed by atoms with Crippen LogP contribution in [0.1, 0.15) is 18.1 Å². The minimum absolute atomic E-state index is 0.0769. The van der Waals surface area contributed by atoms with Gasteiger partial charge in [-0.3, -0.25) is 15.0 Å². The molecule has 3 aromatic rings. The summed E-state index contributed by atoms with van der Waals surface area (Å²) in [6.07, 6.45) is 2.06. The van der Waals surface area contributed by atoms with Crippen molar-refractivity contribution in [3.8, 4) is 0 Å². The topological polar surface area (TPSA) is 86.0 Å². The Morgan fingerprint density at radius 1 is 1.11 bits per heavy atom. The second kappa shape index (κ2) is 8.62. The van der Waals surface area contributed by atoms with Crippen molar-refractivity contribution in [2.45, 2.75) is 25.9 Å². The average molecular weight is 386 g/mol. The van der Waals surface area contributed by atoms with E-state index in [9.17, 15) is 18.4 Å². The Morgan fingerprint density at radius 3 is 2.68 bits per heavy atom. The fourth-order valence-electron chi connectivity index (χ4n) is 2.97. The molecule has 1 atom stereocenters. The molecule has 8 heteroatoms. The van der Waals surface area contributed by atoms with Crippen molar-refractivity contribution in [1.29, 1.82) is 0 Å². The Kier molecular flexibility index (Phi) is 6.00. The van der Waals surface area contributed by atoms with Crippen LogP contribution in [0.2, 0.25) is 0 Å². The van der Waals surface area contributed by atoms with Crippen LogP contribution in [0.4, 0.5) is 8.78 Å². The van der Waals surface area contributed by atoms with Crippen molar-refractivity contribution in [2.75, 3.05) is 0 Å². The number of benzene rings is 2. The summed E-state index contributed by atoms with van der Waals surface area (Å²) in [7, 11) is 0. The highest BCUT2D eigenvalue weighted by Crippen LogP contribution is 2.19. The molecule has 0 aliphatic rings. The number of hydrogen-bond donors (Lipinski definition) is 4. The second-order valence-corrected chi connectivity index (χ2v) is 6.40. The van der Waals surface area contributed by atoms with Crippen LogP contribution in [0, 0.1) is 11.6 Å². The third-order valence-electron chi connectivity index (χ3n) is 4.29. The van der Waals surface area contributed by atoms with Crippen molar-refractivity contribution >= 4 is 22.7 Å². The summed E-state index contributed by atoms with van der Waals surface area (Å²) < 4.78 is 26.9. The molecule has 0 spiro atoms. The minimum Gasteiger partial charge on any atom is -0.361 e. The van der Waals surface area contributed by atoms with Crippen molar-refractivity contribution in [3.05, 3.63) is 71.4 Å². The van der Waals surface area contributed by atoms with Crippen LogP contribution in [-0.2, 0) is 22.6 Å². The fourth-order valence-corrected chi connectivity index (χ4v) is 2.97. The van der Waals surface area contributed by atoms with Crippen LogP contribution in [0.25, 0.3) is 10.9 Å². The molecular formula is C20H20F2N4O2. The lowest BCUT2D eigenvalue weighted by molar-refractivity contribution is -0.128. The highest BCUT2D eigenvalue weighted by Gasteiger charge is 2.21. The van der Waals surface area contributed by atoms with Gasteiger partial charge in [0, 0.05) is 42.6 Å². The molecule has 0 fully saturated rings. The van der Waals surface area contributed by atoms with Gasteiger partial charge in [0.1, 0.15) is 17.7 Å². The lowest BCUT2D eigenvalue weighted by atomic mass is 10.0. The number of hydrogen-bond acceptors (Lipinski definition) is 3. The maximum absolute atomic E-state index is 13.6. The number of para-hydroxylation sites is 1. The van der Waals surface area contributed by atoms with E-state index >= 15 is 0 Å². The van der Waals surface area contributed by atoms with Crippen molar-refractivity contribution in [2.24, 2.45) is 0 Å². The summed E-state index contributed by atoms with van der Waals surface area (Å²) >= 11 is 0. The number of amides is 2. The molecule has 0 aliphatic heterocycles. The lowest BCUT2D eigenvalue weighted by Crippen LogP contribution is -2.51. The van der Waals surface area contributed by atoms with Gasteiger partial charge in [-0.15, -0.1) is 0 Å². The molecule has 0 radical (unpaired) electrons. The Morgan fingerprint density at radius 2 is 1.89 bits per heavy atom. The summed E-state index contributed by atoms with van der Waals surface area (Å²) in [6, 6.07) is 9.89. The Hall–Kier alpha value is -3.26. The van der Waals surface area contributed by atoms with Crippen molar-refractivity contribution in [3.63, 3.8) is 0 Å². The van der Waals surface area contributed by atoms with Crippen LogP contribution < -0.4 is 16.2 Å². The Balaban J connectivity index is 1.66. The molecule has 1 unspecified atom stereocenters.